The molecule has 0 radical (unpaired) electrons. The van der Waals surface area contributed by atoms with Gasteiger partial charge in [0, 0.05) is 6.54 Å². The van der Waals surface area contributed by atoms with E-state index in [-0.39, 0.29) is 6.42 Å². The van der Waals surface area contributed by atoms with Crippen molar-refractivity contribution in [2.75, 3.05) is 6.54 Å². The maximum Gasteiger partial charge on any atom is 0.390 e. The predicted molar refractivity (Wildman–Crippen MR) is 51.7 cm³/mol. The largest absolute Gasteiger partial charge is 0.390 e. The lowest BCUT2D eigenvalue weighted by Crippen LogP contribution is -2.36. The normalized spacial score (nSPS) is 19.8. The molecule has 0 heterocycles. The van der Waals surface area contributed by atoms with E-state index in [0.717, 1.165) is 12.8 Å². The van der Waals surface area contributed by atoms with Crippen LogP contribution in [0.3, 0.4) is 0 Å². The summed E-state index contributed by atoms with van der Waals surface area (Å²) in [7, 11) is 0. The summed E-state index contributed by atoms with van der Waals surface area (Å²) in [6.07, 6.45) is -2.53. The van der Waals surface area contributed by atoms with Crippen molar-refractivity contribution in [1.29, 1.82) is 0 Å². The van der Waals surface area contributed by atoms with Crippen molar-refractivity contribution < 1.29 is 23.1 Å². The standard InChI is InChI=1S/C10H16F3NO2/c11-10(12,13)5-6-14-8(15)7-9(16)3-1-2-4-9/h16H,1-7H2,(H,14,15). The summed E-state index contributed by atoms with van der Waals surface area (Å²) in [6, 6.07) is 0. The van der Waals surface area contributed by atoms with Crippen LogP contribution < -0.4 is 5.32 Å². The summed E-state index contributed by atoms with van der Waals surface area (Å²) < 4.78 is 35.4. The molecule has 0 atom stereocenters. The van der Waals surface area contributed by atoms with Crippen LogP contribution in [-0.2, 0) is 4.79 Å². The van der Waals surface area contributed by atoms with E-state index < -0.39 is 30.7 Å². The summed E-state index contributed by atoms with van der Waals surface area (Å²) in [5.74, 6) is -0.506. The Labute approximate surface area is 92.0 Å². The minimum atomic E-state index is -4.25. The molecule has 1 saturated carbocycles. The summed E-state index contributed by atoms with van der Waals surface area (Å²) in [4.78, 5) is 11.3. The molecule has 3 nitrogen and oxygen atoms in total. The van der Waals surface area contributed by atoms with Crippen LogP contribution in [0, 0.1) is 0 Å². The molecule has 1 aliphatic rings. The molecule has 0 bridgehead atoms. The van der Waals surface area contributed by atoms with Crippen LogP contribution in [-0.4, -0.2) is 29.3 Å². The predicted octanol–water partition coefficient (Wildman–Crippen LogP) is 1.75. The molecule has 1 rings (SSSR count). The van der Waals surface area contributed by atoms with Crippen LogP contribution in [0.2, 0.25) is 0 Å². The topological polar surface area (TPSA) is 49.3 Å². The van der Waals surface area contributed by atoms with E-state index >= 15 is 0 Å². The first kappa shape index (κ1) is 13.3. The molecule has 6 heteroatoms. The monoisotopic (exact) mass is 239 g/mol. The molecule has 16 heavy (non-hydrogen) atoms. The lowest BCUT2D eigenvalue weighted by atomic mass is 9.98. The van der Waals surface area contributed by atoms with Gasteiger partial charge in [-0.25, -0.2) is 0 Å². The van der Waals surface area contributed by atoms with E-state index in [4.69, 9.17) is 0 Å². The molecular formula is C10H16F3NO2. The number of alkyl halides is 3. The van der Waals surface area contributed by atoms with Gasteiger partial charge in [0.1, 0.15) is 0 Å². The van der Waals surface area contributed by atoms with Gasteiger partial charge in [0.05, 0.1) is 18.4 Å². The van der Waals surface area contributed by atoms with Crippen molar-refractivity contribution in [2.45, 2.75) is 50.3 Å². The quantitative estimate of drug-likeness (QED) is 0.785. The number of halogens is 3. The molecule has 1 aliphatic carbocycles. The average molecular weight is 239 g/mol. The van der Waals surface area contributed by atoms with E-state index in [1.165, 1.54) is 0 Å². The Hall–Kier alpha value is -0.780. The Balaban J connectivity index is 2.21. The Kier molecular flexibility index (Phi) is 4.18. The first-order chi connectivity index (χ1) is 7.31. The highest BCUT2D eigenvalue weighted by Crippen LogP contribution is 2.32. The highest BCUT2D eigenvalue weighted by Gasteiger charge is 2.33. The third-order valence-electron chi connectivity index (χ3n) is 2.75. The number of hydrogen-bond acceptors (Lipinski definition) is 2. The van der Waals surface area contributed by atoms with E-state index in [1.807, 2.05) is 0 Å². The number of hydrogen-bond donors (Lipinski definition) is 2. The average Bonchev–Trinajstić information content (AvgIpc) is 2.49. The minimum Gasteiger partial charge on any atom is -0.389 e. The SMILES string of the molecule is O=C(CC1(O)CCCC1)NCCC(F)(F)F. The summed E-state index contributed by atoms with van der Waals surface area (Å²) >= 11 is 0. The number of aliphatic hydroxyl groups is 1. The van der Waals surface area contributed by atoms with Gasteiger partial charge in [0.15, 0.2) is 0 Å². The smallest absolute Gasteiger partial charge is 0.389 e. The molecule has 0 aromatic heterocycles. The van der Waals surface area contributed by atoms with Gasteiger partial charge in [-0.1, -0.05) is 12.8 Å². The molecule has 0 aromatic rings. The van der Waals surface area contributed by atoms with Crippen LogP contribution >= 0.6 is 0 Å². The number of carbonyl (C=O) groups excluding carboxylic acids is 1. The van der Waals surface area contributed by atoms with Crippen molar-refractivity contribution in [1.82, 2.24) is 5.32 Å². The number of nitrogens with one attached hydrogen (secondary N) is 1. The fourth-order valence-electron chi connectivity index (χ4n) is 1.91. The second-order valence-corrected chi connectivity index (χ2v) is 4.32. The Bertz CT molecular complexity index is 247. The Morgan fingerprint density at radius 3 is 2.38 bits per heavy atom. The number of carbonyl (C=O) groups is 1. The van der Waals surface area contributed by atoms with Crippen LogP contribution in [0.25, 0.3) is 0 Å². The molecule has 1 fully saturated rings. The third-order valence-corrected chi connectivity index (χ3v) is 2.75. The first-order valence-corrected chi connectivity index (χ1v) is 5.37. The summed E-state index contributed by atoms with van der Waals surface area (Å²) in [6.45, 7) is -0.418. The van der Waals surface area contributed by atoms with Gasteiger partial charge >= 0.3 is 6.18 Å². The first-order valence-electron chi connectivity index (χ1n) is 5.37. The molecule has 2 N–H and O–H groups in total. The van der Waals surface area contributed by atoms with Crippen LogP contribution in [0.4, 0.5) is 13.2 Å². The van der Waals surface area contributed by atoms with E-state index in [9.17, 15) is 23.1 Å². The van der Waals surface area contributed by atoms with Crippen molar-refractivity contribution in [3.8, 4) is 0 Å². The van der Waals surface area contributed by atoms with Gasteiger partial charge in [-0.3, -0.25) is 4.79 Å². The van der Waals surface area contributed by atoms with E-state index in [0.29, 0.717) is 12.8 Å². The van der Waals surface area contributed by atoms with Crippen LogP contribution in [0.1, 0.15) is 38.5 Å². The molecule has 0 spiro atoms. The lowest BCUT2D eigenvalue weighted by molar-refractivity contribution is -0.136. The summed E-state index contributed by atoms with van der Waals surface area (Å²) in [5, 5.41) is 12.0. The van der Waals surface area contributed by atoms with E-state index in [2.05, 4.69) is 5.32 Å². The second-order valence-electron chi connectivity index (χ2n) is 4.32. The molecule has 94 valence electrons. The van der Waals surface area contributed by atoms with Crippen molar-refractivity contribution in [2.24, 2.45) is 0 Å². The van der Waals surface area contributed by atoms with Gasteiger partial charge in [0.25, 0.3) is 0 Å². The van der Waals surface area contributed by atoms with Gasteiger partial charge in [-0.05, 0) is 12.8 Å². The fraction of sp³-hybridized carbons (Fsp3) is 0.900. The highest BCUT2D eigenvalue weighted by atomic mass is 19.4. The number of amides is 1. The van der Waals surface area contributed by atoms with Gasteiger partial charge < -0.3 is 10.4 Å². The Morgan fingerprint density at radius 2 is 1.88 bits per heavy atom. The maximum absolute atomic E-state index is 11.8. The van der Waals surface area contributed by atoms with Crippen molar-refractivity contribution in [3.63, 3.8) is 0 Å². The molecule has 0 aromatic carbocycles. The van der Waals surface area contributed by atoms with Gasteiger partial charge in [0.2, 0.25) is 5.91 Å². The molecule has 0 unspecified atom stereocenters. The lowest BCUT2D eigenvalue weighted by Gasteiger charge is -2.21. The maximum atomic E-state index is 11.8. The molecular weight excluding hydrogens is 223 g/mol. The zero-order valence-corrected chi connectivity index (χ0v) is 8.94. The van der Waals surface area contributed by atoms with Crippen LogP contribution in [0.5, 0.6) is 0 Å². The second kappa shape index (κ2) is 5.03. The van der Waals surface area contributed by atoms with E-state index in [1.54, 1.807) is 0 Å². The number of rotatable bonds is 4. The third kappa shape index (κ3) is 4.83. The fourth-order valence-corrected chi connectivity index (χ4v) is 1.91. The zero-order chi connectivity index (χ0) is 12.2. The minimum absolute atomic E-state index is 0.0924. The zero-order valence-electron chi connectivity index (χ0n) is 8.94. The van der Waals surface area contributed by atoms with Crippen LogP contribution in [0.15, 0.2) is 0 Å². The van der Waals surface area contributed by atoms with Gasteiger partial charge in [-0.2, -0.15) is 13.2 Å². The Morgan fingerprint density at radius 1 is 1.31 bits per heavy atom. The van der Waals surface area contributed by atoms with Crippen molar-refractivity contribution in [3.05, 3.63) is 0 Å². The van der Waals surface area contributed by atoms with Gasteiger partial charge in [-0.15, -0.1) is 0 Å². The molecule has 0 aliphatic heterocycles. The molecule has 1 amide bonds. The highest BCUT2D eigenvalue weighted by molar-refractivity contribution is 5.77. The molecule has 0 saturated heterocycles. The van der Waals surface area contributed by atoms with Crippen molar-refractivity contribution >= 4 is 5.91 Å². The summed E-state index contributed by atoms with van der Waals surface area (Å²) in [5.41, 5.74) is -0.998.